The fourth-order valence-corrected chi connectivity index (χ4v) is 0. The Morgan fingerprint density at radius 1 is 1.50 bits per heavy atom. The number of thiocarbonyl (C=S) groups is 1. The summed E-state index contributed by atoms with van der Waals surface area (Å²) in [6.07, 6.45) is 4.12. The summed E-state index contributed by atoms with van der Waals surface area (Å²) in [4.78, 5) is 0. The van der Waals surface area contributed by atoms with E-state index in [9.17, 15) is 0 Å². The molecule has 0 radical (unpaired) electrons. The van der Waals surface area contributed by atoms with Crippen molar-refractivity contribution in [2.75, 3.05) is 12.5 Å². The van der Waals surface area contributed by atoms with Crippen molar-refractivity contribution >= 4 is 50.8 Å². The van der Waals surface area contributed by atoms with Crippen LogP contribution < -0.4 is 0 Å². The van der Waals surface area contributed by atoms with Crippen LogP contribution in [0.4, 0.5) is 0 Å². The minimum Gasteiger partial charge on any atom is -0.494 e. The van der Waals surface area contributed by atoms with Gasteiger partial charge in [-0.15, -0.1) is 0 Å². The van der Waals surface area contributed by atoms with Gasteiger partial charge in [-0.25, -0.2) is 0 Å². The number of hydrogen-bond donors (Lipinski definition) is 2. The van der Waals surface area contributed by atoms with Gasteiger partial charge in [0.15, 0.2) is 0 Å². The van der Waals surface area contributed by atoms with Crippen LogP contribution in [-0.4, -0.2) is 22.0 Å². The van der Waals surface area contributed by atoms with Crippen molar-refractivity contribution in [1.29, 1.82) is 0 Å². The molecule has 0 rings (SSSR count). The predicted molar refractivity (Wildman–Crippen MR) is 51.2 cm³/mol. The summed E-state index contributed by atoms with van der Waals surface area (Å²) in [5.41, 5.74) is 0. The Balaban J connectivity index is 0. The fraction of sp³-hybridized carbons (Fsp3) is 0.667. The van der Waals surface area contributed by atoms with Gasteiger partial charge in [-0.05, 0) is 24.7 Å². The molecule has 0 aromatic carbocycles. The number of aliphatic hydroxyl groups excluding tert-OH is 1. The molecule has 5 heteroatoms. The maximum Gasteiger partial charge on any atom is 0.214 e. The van der Waals surface area contributed by atoms with Crippen LogP contribution in [0.3, 0.4) is 0 Å². The average Bonchev–Trinajstić information content (AvgIpc) is 1.65. The maximum absolute atomic E-state index is 7.65. The zero-order chi connectivity index (χ0) is 6.99. The van der Waals surface area contributed by atoms with Gasteiger partial charge in [-0.1, -0.05) is 34.2 Å². The molecule has 1 nitrogen and oxygen atoms in total. The highest BCUT2D eigenvalue weighted by atomic mass is 33.1. The Labute approximate surface area is 68.4 Å². The van der Waals surface area contributed by atoms with Crippen LogP contribution >= 0.6 is 46.4 Å². The third-order valence-electron chi connectivity index (χ3n) is 0.167. The molecule has 0 amide bonds. The molecule has 0 aromatic rings. The molecule has 0 spiro atoms. The molecule has 0 saturated carbocycles. The van der Waals surface area contributed by atoms with Gasteiger partial charge in [-0.3, -0.25) is 0 Å². The first-order chi connectivity index (χ1) is 3.65. The van der Waals surface area contributed by atoms with Gasteiger partial charge in [-0.2, -0.15) is 0 Å². The molecular formula is C3H8OS4. The van der Waals surface area contributed by atoms with Crippen molar-refractivity contribution in [3.05, 3.63) is 0 Å². The SMILES string of the molecule is CSSC.OC(=S)S. The van der Waals surface area contributed by atoms with E-state index < -0.39 is 0 Å². The zero-order valence-electron chi connectivity index (χ0n) is 4.62. The molecule has 0 heterocycles. The normalized spacial score (nSPS) is 6.88. The smallest absolute Gasteiger partial charge is 0.214 e. The van der Waals surface area contributed by atoms with Crippen LogP contribution in [-0.2, 0) is 0 Å². The molecular weight excluding hydrogens is 180 g/mol. The van der Waals surface area contributed by atoms with Crippen LogP contribution in [0.1, 0.15) is 0 Å². The molecule has 0 aromatic heterocycles. The van der Waals surface area contributed by atoms with E-state index >= 15 is 0 Å². The minimum absolute atomic E-state index is 0.306. The van der Waals surface area contributed by atoms with E-state index in [1.165, 1.54) is 0 Å². The lowest BCUT2D eigenvalue weighted by Crippen LogP contribution is -1.66. The van der Waals surface area contributed by atoms with E-state index in [1.807, 2.05) is 0 Å². The number of aliphatic hydroxyl groups is 1. The Bertz CT molecular complexity index is 49.2. The lowest BCUT2D eigenvalue weighted by atomic mass is 11.7. The molecule has 0 aliphatic heterocycles. The van der Waals surface area contributed by atoms with Crippen molar-refractivity contribution in [2.45, 2.75) is 0 Å². The van der Waals surface area contributed by atoms with E-state index in [-0.39, 0.29) is 4.38 Å². The van der Waals surface area contributed by atoms with Crippen LogP contribution in [0, 0.1) is 0 Å². The van der Waals surface area contributed by atoms with Gasteiger partial charge >= 0.3 is 0 Å². The Morgan fingerprint density at radius 2 is 1.62 bits per heavy atom. The second-order valence-corrected chi connectivity index (χ2v) is 4.40. The van der Waals surface area contributed by atoms with Crippen molar-refractivity contribution in [3.63, 3.8) is 0 Å². The third kappa shape index (κ3) is 65.1. The second kappa shape index (κ2) is 10.8. The topological polar surface area (TPSA) is 20.2 Å². The van der Waals surface area contributed by atoms with E-state index in [4.69, 9.17) is 5.11 Å². The van der Waals surface area contributed by atoms with Crippen molar-refractivity contribution < 1.29 is 5.11 Å². The van der Waals surface area contributed by atoms with E-state index in [2.05, 4.69) is 37.4 Å². The van der Waals surface area contributed by atoms with Gasteiger partial charge in [0.05, 0.1) is 0 Å². The molecule has 8 heavy (non-hydrogen) atoms. The summed E-state index contributed by atoms with van der Waals surface area (Å²) < 4.78 is -0.306. The maximum atomic E-state index is 7.65. The molecule has 0 fully saturated rings. The Morgan fingerprint density at radius 3 is 1.62 bits per heavy atom. The van der Waals surface area contributed by atoms with Crippen LogP contribution in [0.25, 0.3) is 0 Å². The fourth-order valence-electron chi connectivity index (χ4n) is 0. The summed E-state index contributed by atoms with van der Waals surface area (Å²) >= 11 is 7.21. The van der Waals surface area contributed by atoms with Crippen molar-refractivity contribution in [1.82, 2.24) is 0 Å². The first-order valence-corrected chi connectivity index (χ1v) is 5.46. The molecule has 1 N–H and O–H groups in total. The Kier molecular flexibility index (Phi) is 15.9. The average molecular weight is 188 g/mol. The van der Waals surface area contributed by atoms with Gasteiger partial charge < -0.3 is 5.11 Å². The summed E-state index contributed by atoms with van der Waals surface area (Å²) in [7, 11) is 3.55. The van der Waals surface area contributed by atoms with Gasteiger partial charge in [0.2, 0.25) is 4.38 Å². The molecule has 0 aliphatic carbocycles. The van der Waals surface area contributed by atoms with Crippen molar-refractivity contribution in [2.24, 2.45) is 0 Å². The second-order valence-electron chi connectivity index (χ2n) is 0.616. The van der Waals surface area contributed by atoms with Gasteiger partial charge in [0.25, 0.3) is 0 Å². The number of thiol groups is 1. The summed E-state index contributed by atoms with van der Waals surface area (Å²) in [6.45, 7) is 0. The molecule has 0 saturated heterocycles. The van der Waals surface area contributed by atoms with Crippen molar-refractivity contribution in [3.8, 4) is 0 Å². The standard InChI is InChI=1S/C2H6S2.CH2OS2/c1-3-4-2;2-1(3)4/h1-2H3;(H2,2,3,4). The zero-order valence-corrected chi connectivity index (χ0v) is 7.96. The van der Waals surface area contributed by atoms with E-state index in [1.54, 1.807) is 21.6 Å². The van der Waals surface area contributed by atoms with Crippen LogP contribution in [0.15, 0.2) is 0 Å². The quantitative estimate of drug-likeness (QED) is 0.374. The van der Waals surface area contributed by atoms with Crippen LogP contribution in [0.5, 0.6) is 0 Å². The predicted octanol–water partition coefficient (Wildman–Crippen LogP) is 2.39. The molecule has 0 bridgehead atoms. The molecule has 50 valence electrons. The third-order valence-corrected chi connectivity index (χ3v) is 1.50. The highest BCUT2D eigenvalue weighted by molar-refractivity contribution is 8.76. The first-order valence-electron chi connectivity index (χ1n) is 1.63. The molecule has 0 atom stereocenters. The molecule has 0 unspecified atom stereocenters. The highest BCUT2D eigenvalue weighted by Gasteiger charge is 1.59. The minimum atomic E-state index is -0.306. The van der Waals surface area contributed by atoms with Gasteiger partial charge in [0, 0.05) is 0 Å². The number of hydrogen-bond acceptors (Lipinski definition) is 3. The lowest BCUT2D eigenvalue weighted by molar-refractivity contribution is 0.586. The largest absolute Gasteiger partial charge is 0.494 e. The molecule has 0 aliphatic rings. The van der Waals surface area contributed by atoms with E-state index in [0.717, 1.165) is 0 Å². The summed E-state index contributed by atoms with van der Waals surface area (Å²) in [6, 6.07) is 0. The van der Waals surface area contributed by atoms with Gasteiger partial charge in [0.1, 0.15) is 0 Å². The Hall–Kier alpha value is 0.940. The summed E-state index contributed by atoms with van der Waals surface area (Å²) in [5, 5.41) is 7.65. The summed E-state index contributed by atoms with van der Waals surface area (Å²) in [5.74, 6) is 0. The lowest BCUT2D eigenvalue weighted by Gasteiger charge is -1.69. The number of rotatable bonds is 1. The first kappa shape index (κ1) is 11.7. The van der Waals surface area contributed by atoms with E-state index in [0.29, 0.717) is 0 Å². The van der Waals surface area contributed by atoms with Crippen LogP contribution in [0.2, 0.25) is 0 Å². The monoisotopic (exact) mass is 188 g/mol. The highest BCUT2D eigenvalue weighted by Crippen LogP contribution is 2.09.